The largest absolute Gasteiger partial charge is 0.323 e. The van der Waals surface area contributed by atoms with Gasteiger partial charge < -0.3 is 5.73 Å². The van der Waals surface area contributed by atoms with Crippen molar-refractivity contribution in [2.45, 2.75) is 19.4 Å². The summed E-state index contributed by atoms with van der Waals surface area (Å²) in [4.78, 5) is 3.99. The Morgan fingerprint density at radius 1 is 1.67 bits per heavy atom. The van der Waals surface area contributed by atoms with Gasteiger partial charge in [0.05, 0.1) is 0 Å². The van der Waals surface area contributed by atoms with Gasteiger partial charge in [0.2, 0.25) is 0 Å². The Labute approximate surface area is 72.8 Å². The number of pyridine rings is 1. The van der Waals surface area contributed by atoms with Crippen LogP contribution in [0.15, 0.2) is 24.5 Å². The van der Waals surface area contributed by atoms with Gasteiger partial charge in [0, 0.05) is 24.9 Å². The molecule has 0 aromatic carbocycles. The third-order valence-electron chi connectivity index (χ3n) is 1.61. The maximum Gasteiger partial charge on any atom is 0.0421 e. The molecule has 2 nitrogen and oxygen atoms in total. The standard InChI is InChI=1S/C10H12N2/c1-2-3-6-10(11)9-5-4-7-12-8-9/h4-5,7-8,10H,6,11H2,1H3. The molecule has 0 spiro atoms. The summed E-state index contributed by atoms with van der Waals surface area (Å²) in [6, 6.07) is 3.84. The first-order chi connectivity index (χ1) is 5.84. The van der Waals surface area contributed by atoms with E-state index in [2.05, 4.69) is 16.8 Å². The second kappa shape index (κ2) is 4.53. The van der Waals surface area contributed by atoms with Gasteiger partial charge in [0.25, 0.3) is 0 Å². The molecule has 2 heteroatoms. The quantitative estimate of drug-likeness (QED) is 0.666. The van der Waals surface area contributed by atoms with E-state index in [1.165, 1.54) is 0 Å². The van der Waals surface area contributed by atoms with Gasteiger partial charge in [-0.2, -0.15) is 0 Å². The smallest absolute Gasteiger partial charge is 0.0421 e. The maximum atomic E-state index is 5.84. The highest BCUT2D eigenvalue weighted by Crippen LogP contribution is 2.10. The lowest BCUT2D eigenvalue weighted by molar-refractivity contribution is 0.749. The van der Waals surface area contributed by atoms with E-state index in [9.17, 15) is 0 Å². The molecule has 0 fully saturated rings. The van der Waals surface area contributed by atoms with Crippen LogP contribution in [0.2, 0.25) is 0 Å². The molecule has 0 aliphatic carbocycles. The monoisotopic (exact) mass is 160 g/mol. The van der Waals surface area contributed by atoms with Gasteiger partial charge in [-0.25, -0.2) is 0 Å². The number of nitrogens with zero attached hydrogens (tertiary/aromatic N) is 1. The molecule has 0 saturated heterocycles. The maximum absolute atomic E-state index is 5.84. The van der Waals surface area contributed by atoms with E-state index >= 15 is 0 Å². The van der Waals surface area contributed by atoms with Crippen molar-refractivity contribution in [3.05, 3.63) is 30.1 Å². The van der Waals surface area contributed by atoms with Crippen molar-refractivity contribution in [1.29, 1.82) is 0 Å². The van der Waals surface area contributed by atoms with E-state index < -0.39 is 0 Å². The summed E-state index contributed by atoms with van der Waals surface area (Å²) in [6.45, 7) is 1.82. The molecule has 0 aliphatic heterocycles. The Hall–Kier alpha value is -1.33. The van der Waals surface area contributed by atoms with Gasteiger partial charge in [-0.05, 0) is 18.6 Å². The third kappa shape index (κ3) is 2.37. The highest BCUT2D eigenvalue weighted by Gasteiger charge is 2.01. The van der Waals surface area contributed by atoms with Gasteiger partial charge >= 0.3 is 0 Å². The molecule has 1 unspecified atom stereocenters. The number of rotatable bonds is 2. The average molecular weight is 160 g/mol. The predicted octanol–water partition coefficient (Wildman–Crippen LogP) is 1.49. The normalized spacial score (nSPS) is 11.5. The molecule has 0 aliphatic rings. The highest BCUT2D eigenvalue weighted by molar-refractivity contribution is 5.15. The fourth-order valence-electron chi connectivity index (χ4n) is 0.925. The Balaban J connectivity index is 2.63. The van der Waals surface area contributed by atoms with Gasteiger partial charge in [-0.1, -0.05) is 6.07 Å². The van der Waals surface area contributed by atoms with Gasteiger partial charge in [-0.3, -0.25) is 4.98 Å². The van der Waals surface area contributed by atoms with Crippen LogP contribution in [-0.2, 0) is 0 Å². The van der Waals surface area contributed by atoms with Crippen LogP contribution in [0.4, 0.5) is 0 Å². The summed E-state index contributed by atoms with van der Waals surface area (Å²) in [7, 11) is 0. The van der Waals surface area contributed by atoms with Gasteiger partial charge in [0.1, 0.15) is 0 Å². The molecule has 1 heterocycles. The first-order valence-electron chi connectivity index (χ1n) is 3.89. The SMILES string of the molecule is CC#CCC(N)c1cccnc1. The van der Waals surface area contributed by atoms with Gasteiger partial charge in [0.15, 0.2) is 0 Å². The molecule has 2 N–H and O–H groups in total. The lowest BCUT2D eigenvalue weighted by atomic mass is 10.1. The van der Waals surface area contributed by atoms with Crippen molar-refractivity contribution in [1.82, 2.24) is 4.98 Å². The first kappa shape index (κ1) is 8.76. The molecule has 1 atom stereocenters. The molecule has 0 amide bonds. The Bertz CT molecular complexity index is 282. The number of aromatic nitrogens is 1. The molecule has 1 aromatic rings. The first-order valence-corrected chi connectivity index (χ1v) is 3.89. The third-order valence-corrected chi connectivity index (χ3v) is 1.61. The Morgan fingerprint density at radius 2 is 2.50 bits per heavy atom. The second-order valence-corrected chi connectivity index (χ2v) is 2.52. The lowest BCUT2D eigenvalue weighted by Gasteiger charge is -2.06. The summed E-state index contributed by atoms with van der Waals surface area (Å²) in [5, 5.41) is 0. The van der Waals surface area contributed by atoms with Crippen LogP contribution in [0.25, 0.3) is 0 Å². The minimum Gasteiger partial charge on any atom is -0.323 e. The molecule has 0 radical (unpaired) electrons. The second-order valence-electron chi connectivity index (χ2n) is 2.52. The molecule has 1 rings (SSSR count). The molecule has 0 bridgehead atoms. The van der Waals surface area contributed by atoms with Crippen LogP contribution in [0.1, 0.15) is 24.9 Å². The topological polar surface area (TPSA) is 38.9 Å². The van der Waals surface area contributed by atoms with Gasteiger partial charge in [-0.15, -0.1) is 11.8 Å². The highest BCUT2D eigenvalue weighted by atomic mass is 14.7. The van der Waals surface area contributed by atoms with Crippen molar-refractivity contribution in [2.24, 2.45) is 5.73 Å². The number of hydrogen-bond acceptors (Lipinski definition) is 2. The van der Waals surface area contributed by atoms with E-state index in [0.29, 0.717) is 6.42 Å². The van der Waals surface area contributed by atoms with Crippen molar-refractivity contribution in [2.75, 3.05) is 0 Å². The van der Waals surface area contributed by atoms with E-state index in [0.717, 1.165) is 5.56 Å². The number of hydrogen-bond donors (Lipinski definition) is 1. The minimum absolute atomic E-state index is 0.00819. The van der Waals surface area contributed by atoms with Crippen LogP contribution in [0.5, 0.6) is 0 Å². The van der Waals surface area contributed by atoms with Crippen molar-refractivity contribution >= 4 is 0 Å². The van der Waals surface area contributed by atoms with Crippen LogP contribution >= 0.6 is 0 Å². The summed E-state index contributed by atoms with van der Waals surface area (Å²) < 4.78 is 0. The van der Waals surface area contributed by atoms with E-state index in [4.69, 9.17) is 5.73 Å². The van der Waals surface area contributed by atoms with Crippen LogP contribution in [-0.4, -0.2) is 4.98 Å². The zero-order chi connectivity index (χ0) is 8.81. The number of nitrogens with two attached hydrogens (primary N) is 1. The zero-order valence-corrected chi connectivity index (χ0v) is 7.12. The fraction of sp³-hybridized carbons (Fsp3) is 0.300. The van der Waals surface area contributed by atoms with Crippen molar-refractivity contribution in [3.8, 4) is 11.8 Å². The lowest BCUT2D eigenvalue weighted by Crippen LogP contribution is -2.09. The summed E-state index contributed by atoms with van der Waals surface area (Å²) in [5.41, 5.74) is 6.88. The molecular weight excluding hydrogens is 148 g/mol. The predicted molar refractivity (Wildman–Crippen MR) is 49.2 cm³/mol. The van der Waals surface area contributed by atoms with Crippen molar-refractivity contribution in [3.63, 3.8) is 0 Å². The van der Waals surface area contributed by atoms with E-state index in [1.807, 2.05) is 19.1 Å². The minimum atomic E-state index is -0.00819. The van der Waals surface area contributed by atoms with Crippen LogP contribution in [0.3, 0.4) is 0 Å². The van der Waals surface area contributed by atoms with E-state index in [1.54, 1.807) is 12.4 Å². The summed E-state index contributed by atoms with van der Waals surface area (Å²) in [6.07, 6.45) is 4.21. The average Bonchev–Trinajstić information content (AvgIpc) is 2.15. The molecular formula is C10H12N2. The van der Waals surface area contributed by atoms with Crippen LogP contribution in [0, 0.1) is 11.8 Å². The van der Waals surface area contributed by atoms with Crippen molar-refractivity contribution < 1.29 is 0 Å². The Morgan fingerprint density at radius 3 is 3.08 bits per heavy atom. The summed E-state index contributed by atoms with van der Waals surface area (Å²) in [5.74, 6) is 5.76. The zero-order valence-electron chi connectivity index (χ0n) is 7.12. The van der Waals surface area contributed by atoms with E-state index in [-0.39, 0.29) is 6.04 Å². The molecule has 0 saturated carbocycles. The summed E-state index contributed by atoms with van der Waals surface area (Å²) >= 11 is 0. The molecule has 1 aromatic heterocycles. The fourth-order valence-corrected chi connectivity index (χ4v) is 0.925. The molecule has 62 valence electrons. The Kier molecular flexibility index (Phi) is 3.31. The van der Waals surface area contributed by atoms with Crippen LogP contribution < -0.4 is 5.73 Å². The molecule has 12 heavy (non-hydrogen) atoms.